The van der Waals surface area contributed by atoms with Gasteiger partial charge in [0.25, 0.3) is 0 Å². The fourth-order valence-corrected chi connectivity index (χ4v) is 2.58. The quantitative estimate of drug-likeness (QED) is 0.657. The van der Waals surface area contributed by atoms with Crippen LogP contribution in [0.3, 0.4) is 0 Å². The summed E-state index contributed by atoms with van der Waals surface area (Å²) >= 11 is 2.27. The first-order chi connectivity index (χ1) is 8.65. The molecule has 0 aliphatic heterocycles. The zero-order valence-corrected chi connectivity index (χ0v) is 12.2. The molecule has 1 fully saturated rings. The van der Waals surface area contributed by atoms with Crippen molar-refractivity contribution in [3.63, 3.8) is 0 Å². The summed E-state index contributed by atoms with van der Waals surface area (Å²) in [6.07, 6.45) is 5.40. The van der Waals surface area contributed by atoms with E-state index in [9.17, 15) is 5.11 Å². The molecular weight excluding hydrogens is 341 g/mol. The number of nitrogens with zero attached hydrogens (tertiary/aromatic N) is 2. The van der Waals surface area contributed by atoms with Crippen LogP contribution in [0.15, 0.2) is 18.5 Å². The number of aliphatic hydroxyl groups excluding tert-OH is 1. The first-order valence-electron chi connectivity index (χ1n) is 6.00. The fraction of sp³-hybridized carbons (Fsp3) is 0.385. The molecule has 5 heteroatoms. The third-order valence-electron chi connectivity index (χ3n) is 3.29. The van der Waals surface area contributed by atoms with Gasteiger partial charge in [0, 0.05) is 38.3 Å². The first-order valence-corrected chi connectivity index (χ1v) is 7.08. The minimum absolute atomic E-state index is 0.390. The minimum atomic E-state index is -0.476. The number of fused-ring (bicyclic) bond motifs is 1. The lowest BCUT2D eigenvalue weighted by Gasteiger charge is -2.13. The molecule has 94 valence electrons. The highest BCUT2D eigenvalue weighted by Crippen LogP contribution is 2.33. The molecule has 0 aromatic carbocycles. The molecule has 1 unspecified atom stereocenters. The van der Waals surface area contributed by atoms with E-state index in [4.69, 9.17) is 0 Å². The summed E-state index contributed by atoms with van der Waals surface area (Å²) in [4.78, 5) is 8.66. The largest absolute Gasteiger partial charge is 0.373 e. The summed E-state index contributed by atoms with van der Waals surface area (Å²) in [5.41, 5.74) is 0.979. The van der Waals surface area contributed by atoms with Crippen LogP contribution in [0.5, 0.6) is 0 Å². The molecule has 0 spiro atoms. The zero-order valence-electron chi connectivity index (χ0n) is 10.0. The lowest BCUT2D eigenvalue weighted by Crippen LogP contribution is -2.21. The number of aliphatic hydroxyl groups is 1. The van der Waals surface area contributed by atoms with Crippen molar-refractivity contribution in [2.45, 2.75) is 26.0 Å². The first kappa shape index (κ1) is 12.1. The Morgan fingerprint density at radius 1 is 1.33 bits per heavy atom. The van der Waals surface area contributed by atoms with Gasteiger partial charge >= 0.3 is 0 Å². The molecule has 2 N–H and O–H groups in total. The monoisotopic (exact) mass is 355 g/mol. The Kier molecular flexibility index (Phi) is 3.11. The molecule has 4 nitrogen and oxygen atoms in total. The molecule has 2 aromatic heterocycles. The predicted molar refractivity (Wildman–Crippen MR) is 79.3 cm³/mol. The van der Waals surface area contributed by atoms with Crippen molar-refractivity contribution in [3.8, 4) is 0 Å². The van der Waals surface area contributed by atoms with Crippen molar-refractivity contribution in [2.75, 3.05) is 5.32 Å². The Morgan fingerprint density at radius 2 is 2.11 bits per heavy atom. The molecule has 3 rings (SSSR count). The van der Waals surface area contributed by atoms with Gasteiger partial charge in [-0.2, -0.15) is 0 Å². The highest BCUT2D eigenvalue weighted by molar-refractivity contribution is 14.1. The number of nitrogens with one attached hydrogen (secondary N) is 1. The van der Waals surface area contributed by atoms with Gasteiger partial charge in [-0.15, -0.1) is 0 Å². The molecule has 1 aliphatic rings. The van der Waals surface area contributed by atoms with Crippen LogP contribution in [0, 0.1) is 16.4 Å². The molecule has 0 saturated heterocycles. The summed E-state index contributed by atoms with van der Waals surface area (Å²) in [6, 6.07) is 1.98. The highest BCUT2D eigenvalue weighted by Gasteiger charge is 2.29. The maximum atomic E-state index is 9.87. The van der Waals surface area contributed by atoms with Crippen LogP contribution in [-0.2, 0) is 0 Å². The van der Waals surface area contributed by atoms with E-state index in [1.807, 2.05) is 25.4 Å². The van der Waals surface area contributed by atoms with Crippen molar-refractivity contribution < 1.29 is 5.11 Å². The van der Waals surface area contributed by atoms with E-state index >= 15 is 0 Å². The van der Waals surface area contributed by atoms with Gasteiger partial charge in [0.2, 0.25) is 0 Å². The normalized spacial score (nSPS) is 16.8. The van der Waals surface area contributed by atoms with E-state index < -0.39 is 6.23 Å². The molecule has 0 radical (unpaired) electrons. The van der Waals surface area contributed by atoms with E-state index in [0.29, 0.717) is 5.92 Å². The Hall–Kier alpha value is -0.950. The van der Waals surface area contributed by atoms with Gasteiger partial charge in [-0.05, 0) is 48.4 Å². The van der Waals surface area contributed by atoms with Crippen LogP contribution in [-0.4, -0.2) is 21.3 Å². The van der Waals surface area contributed by atoms with Gasteiger partial charge in [0.05, 0.1) is 0 Å². The number of hydrogen-bond acceptors (Lipinski definition) is 4. The number of rotatable bonds is 3. The number of aryl methyl sites for hydroxylation is 1. The average molecular weight is 355 g/mol. The third-order valence-corrected chi connectivity index (χ3v) is 4.15. The number of anilines is 1. The van der Waals surface area contributed by atoms with Crippen LogP contribution in [0.4, 0.5) is 5.82 Å². The molecule has 1 saturated carbocycles. The van der Waals surface area contributed by atoms with Crippen LogP contribution in [0.2, 0.25) is 0 Å². The molecule has 0 bridgehead atoms. The number of halogens is 1. The van der Waals surface area contributed by atoms with Gasteiger partial charge in [0.1, 0.15) is 12.0 Å². The SMILES string of the molecule is Cc1ncc(I)c2cc(NC(O)C3CC3)ncc12. The van der Waals surface area contributed by atoms with Crippen molar-refractivity contribution in [2.24, 2.45) is 5.92 Å². The molecule has 2 heterocycles. The van der Waals surface area contributed by atoms with Crippen LogP contribution >= 0.6 is 22.6 Å². The second-order valence-electron chi connectivity index (χ2n) is 4.73. The van der Waals surface area contributed by atoms with Crippen LogP contribution < -0.4 is 5.32 Å². The van der Waals surface area contributed by atoms with E-state index in [2.05, 4.69) is 37.9 Å². The van der Waals surface area contributed by atoms with Gasteiger partial charge in [0.15, 0.2) is 0 Å². The van der Waals surface area contributed by atoms with E-state index in [1.54, 1.807) is 0 Å². The summed E-state index contributed by atoms with van der Waals surface area (Å²) in [6.45, 7) is 1.98. The Labute approximate surface area is 119 Å². The fourth-order valence-electron chi connectivity index (χ4n) is 1.99. The molecule has 2 aromatic rings. The molecule has 0 amide bonds. The lowest BCUT2D eigenvalue weighted by molar-refractivity contribution is 0.179. The minimum Gasteiger partial charge on any atom is -0.373 e. The number of pyridine rings is 2. The van der Waals surface area contributed by atoms with Crippen LogP contribution in [0.25, 0.3) is 10.8 Å². The molecule has 1 aliphatic carbocycles. The van der Waals surface area contributed by atoms with Gasteiger partial charge in [-0.1, -0.05) is 0 Å². The summed E-state index contributed by atoms with van der Waals surface area (Å²) in [5.74, 6) is 1.12. The van der Waals surface area contributed by atoms with Crippen molar-refractivity contribution in [1.82, 2.24) is 9.97 Å². The summed E-state index contributed by atoms with van der Waals surface area (Å²) in [5, 5.41) is 15.1. The second kappa shape index (κ2) is 4.62. The summed E-state index contributed by atoms with van der Waals surface area (Å²) < 4.78 is 1.10. The zero-order chi connectivity index (χ0) is 12.7. The predicted octanol–water partition coefficient (Wildman–Crippen LogP) is 2.68. The highest BCUT2D eigenvalue weighted by atomic mass is 127. The van der Waals surface area contributed by atoms with Gasteiger partial charge in [-0.25, -0.2) is 4.98 Å². The molecular formula is C13H14IN3O. The summed E-state index contributed by atoms with van der Waals surface area (Å²) in [7, 11) is 0. The Morgan fingerprint density at radius 3 is 2.83 bits per heavy atom. The maximum absolute atomic E-state index is 9.87. The van der Waals surface area contributed by atoms with Crippen LogP contribution in [0.1, 0.15) is 18.5 Å². The maximum Gasteiger partial charge on any atom is 0.128 e. The Bertz CT molecular complexity index is 598. The van der Waals surface area contributed by atoms with Crippen molar-refractivity contribution in [1.29, 1.82) is 0 Å². The smallest absolute Gasteiger partial charge is 0.128 e. The molecule has 1 atom stereocenters. The molecule has 18 heavy (non-hydrogen) atoms. The topological polar surface area (TPSA) is 58.0 Å². The van der Waals surface area contributed by atoms with Gasteiger partial charge < -0.3 is 10.4 Å². The Balaban J connectivity index is 1.97. The van der Waals surface area contributed by atoms with Gasteiger partial charge in [-0.3, -0.25) is 4.98 Å². The van der Waals surface area contributed by atoms with E-state index in [0.717, 1.165) is 38.7 Å². The van der Waals surface area contributed by atoms with E-state index in [1.165, 1.54) is 0 Å². The van der Waals surface area contributed by atoms with Crippen molar-refractivity contribution in [3.05, 3.63) is 27.7 Å². The standard InChI is InChI=1S/C13H14IN3O/c1-7-10-5-16-12(17-13(18)8-2-3-8)4-9(10)11(14)6-15-7/h4-6,8,13,18H,2-3H2,1H3,(H,16,17). The lowest BCUT2D eigenvalue weighted by atomic mass is 10.2. The second-order valence-corrected chi connectivity index (χ2v) is 5.90. The van der Waals surface area contributed by atoms with E-state index in [-0.39, 0.29) is 0 Å². The number of aromatic nitrogens is 2. The average Bonchev–Trinajstić information content (AvgIpc) is 3.18. The third kappa shape index (κ3) is 2.29. The van der Waals surface area contributed by atoms with Crippen molar-refractivity contribution >= 4 is 39.2 Å². The number of hydrogen-bond donors (Lipinski definition) is 2.